The standard InChI is InChI=1S/C17H27N/c1-13(17(2,3)4)18-12-15-10-7-9-14-8-5-6-11-16(14)15/h5-6,8,11,13,15,18H,7,9-10,12H2,1-4H3. The third kappa shape index (κ3) is 3.14. The Kier molecular flexibility index (Phi) is 4.11. The molecule has 1 heteroatoms. The molecule has 1 aromatic rings. The third-order valence-electron chi connectivity index (χ3n) is 4.46. The number of aryl methyl sites for hydroxylation is 1. The van der Waals surface area contributed by atoms with Crippen molar-refractivity contribution in [3.8, 4) is 0 Å². The summed E-state index contributed by atoms with van der Waals surface area (Å²) in [5.41, 5.74) is 3.49. The Labute approximate surface area is 112 Å². The second kappa shape index (κ2) is 5.44. The van der Waals surface area contributed by atoms with Crippen LogP contribution in [0.15, 0.2) is 24.3 Å². The summed E-state index contributed by atoms with van der Waals surface area (Å²) < 4.78 is 0. The average molecular weight is 245 g/mol. The monoisotopic (exact) mass is 245 g/mol. The molecule has 1 nitrogen and oxygen atoms in total. The average Bonchev–Trinajstić information content (AvgIpc) is 2.34. The van der Waals surface area contributed by atoms with E-state index < -0.39 is 0 Å². The number of rotatable bonds is 3. The molecule has 2 unspecified atom stereocenters. The molecule has 1 aliphatic rings. The summed E-state index contributed by atoms with van der Waals surface area (Å²) in [6.07, 6.45) is 3.94. The first-order valence-electron chi connectivity index (χ1n) is 7.29. The summed E-state index contributed by atoms with van der Waals surface area (Å²) in [5.74, 6) is 0.708. The number of benzene rings is 1. The van der Waals surface area contributed by atoms with Crippen molar-refractivity contribution in [1.82, 2.24) is 5.32 Å². The molecule has 0 saturated carbocycles. The predicted octanol–water partition coefficient (Wildman–Crippen LogP) is 4.13. The third-order valence-corrected chi connectivity index (χ3v) is 4.46. The van der Waals surface area contributed by atoms with Gasteiger partial charge in [-0.15, -0.1) is 0 Å². The number of fused-ring (bicyclic) bond motifs is 1. The molecule has 2 rings (SSSR count). The van der Waals surface area contributed by atoms with Crippen LogP contribution in [0.5, 0.6) is 0 Å². The molecule has 1 aliphatic carbocycles. The summed E-state index contributed by atoms with van der Waals surface area (Å²) >= 11 is 0. The van der Waals surface area contributed by atoms with Gasteiger partial charge in [-0.2, -0.15) is 0 Å². The Hall–Kier alpha value is -0.820. The van der Waals surface area contributed by atoms with Gasteiger partial charge in [0, 0.05) is 12.6 Å². The lowest BCUT2D eigenvalue weighted by Crippen LogP contribution is -2.40. The summed E-state index contributed by atoms with van der Waals surface area (Å²) in [5, 5.41) is 3.73. The zero-order valence-electron chi connectivity index (χ0n) is 12.3. The lowest BCUT2D eigenvalue weighted by Gasteiger charge is -2.32. The Balaban J connectivity index is 2.00. The van der Waals surface area contributed by atoms with Gasteiger partial charge in [-0.3, -0.25) is 0 Å². The smallest absolute Gasteiger partial charge is 0.00875 e. The molecule has 0 aliphatic heterocycles. The summed E-state index contributed by atoms with van der Waals surface area (Å²) in [6, 6.07) is 9.54. The van der Waals surface area contributed by atoms with Gasteiger partial charge >= 0.3 is 0 Å². The lowest BCUT2D eigenvalue weighted by atomic mass is 9.82. The first kappa shape index (κ1) is 13.6. The van der Waals surface area contributed by atoms with Gasteiger partial charge in [-0.05, 0) is 48.6 Å². The molecular weight excluding hydrogens is 218 g/mol. The molecule has 0 radical (unpaired) electrons. The maximum absolute atomic E-state index is 3.73. The van der Waals surface area contributed by atoms with E-state index in [0.29, 0.717) is 17.4 Å². The van der Waals surface area contributed by atoms with Crippen LogP contribution in [0.25, 0.3) is 0 Å². The fourth-order valence-electron chi connectivity index (χ4n) is 2.69. The van der Waals surface area contributed by atoms with E-state index >= 15 is 0 Å². The van der Waals surface area contributed by atoms with E-state index in [1.807, 2.05) is 0 Å². The summed E-state index contributed by atoms with van der Waals surface area (Å²) in [6.45, 7) is 10.3. The van der Waals surface area contributed by atoms with Crippen molar-refractivity contribution >= 4 is 0 Å². The van der Waals surface area contributed by atoms with E-state index in [1.165, 1.54) is 19.3 Å². The second-order valence-electron chi connectivity index (χ2n) is 6.78. The molecule has 0 aromatic heterocycles. The zero-order chi connectivity index (χ0) is 13.2. The molecule has 0 amide bonds. The molecule has 1 N–H and O–H groups in total. The van der Waals surface area contributed by atoms with Crippen LogP contribution in [0.1, 0.15) is 57.6 Å². The van der Waals surface area contributed by atoms with Crippen LogP contribution >= 0.6 is 0 Å². The highest BCUT2D eigenvalue weighted by Crippen LogP contribution is 2.31. The van der Waals surface area contributed by atoms with Gasteiger partial charge in [0.1, 0.15) is 0 Å². The van der Waals surface area contributed by atoms with Crippen LogP contribution in [0.4, 0.5) is 0 Å². The maximum Gasteiger partial charge on any atom is 0.00875 e. The van der Waals surface area contributed by atoms with Gasteiger partial charge in [0.15, 0.2) is 0 Å². The van der Waals surface area contributed by atoms with E-state index in [2.05, 4.69) is 57.3 Å². The second-order valence-corrected chi connectivity index (χ2v) is 6.78. The van der Waals surface area contributed by atoms with E-state index in [9.17, 15) is 0 Å². The topological polar surface area (TPSA) is 12.0 Å². The van der Waals surface area contributed by atoms with Gasteiger partial charge < -0.3 is 5.32 Å². The van der Waals surface area contributed by atoms with E-state index in [1.54, 1.807) is 11.1 Å². The van der Waals surface area contributed by atoms with Crippen molar-refractivity contribution in [3.63, 3.8) is 0 Å². The molecule has 1 aromatic carbocycles. The van der Waals surface area contributed by atoms with Crippen molar-refractivity contribution in [2.24, 2.45) is 5.41 Å². The SMILES string of the molecule is CC(NCC1CCCc2ccccc21)C(C)(C)C. The van der Waals surface area contributed by atoms with Crippen LogP contribution in [0.2, 0.25) is 0 Å². The minimum atomic E-state index is 0.341. The highest BCUT2D eigenvalue weighted by atomic mass is 14.9. The molecule has 2 atom stereocenters. The summed E-state index contributed by atoms with van der Waals surface area (Å²) in [4.78, 5) is 0. The molecule has 0 bridgehead atoms. The molecule has 0 saturated heterocycles. The van der Waals surface area contributed by atoms with Gasteiger partial charge in [0.2, 0.25) is 0 Å². The normalized spacial score (nSPS) is 21.4. The minimum Gasteiger partial charge on any atom is -0.313 e. The fraction of sp³-hybridized carbons (Fsp3) is 0.647. The van der Waals surface area contributed by atoms with Crippen molar-refractivity contribution in [2.45, 2.75) is 58.9 Å². The van der Waals surface area contributed by atoms with Gasteiger partial charge in [-0.1, -0.05) is 45.0 Å². The van der Waals surface area contributed by atoms with E-state index in [-0.39, 0.29) is 0 Å². The molecule has 0 fully saturated rings. The van der Waals surface area contributed by atoms with Gasteiger partial charge in [0.05, 0.1) is 0 Å². The van der Waals surface area contributed by atoms with Crippen LogP contribution in [0.3, 0.4) is 0 Å². The Morgan fingerprint density at radius 3 is 2.72 bits per heavy atom. The highest BCUT2D eigenvalue weighted by Gasteiger charge is 2.23. The van der Waals surface area contributed by atoms with Crippen molar-refractivity contribution in [1.29, 1.82) is 0 Å². The van der Waals surface area contributed by atoms with Gasteiger partial charge in [0.25, 0.3) is 0 Å². The molecular formula is C17H27N. The first-order valence-corrected chi connectivity index (χ1v) is 7.29. The molecule has 0 spiro atoms. The van der Waals surface area contributed by atoms with E-state index in [4.69, 9.17) is 0 Å². The Bertz CT molecular complexity index is 389. The summed E-state index contributed by atoms with van der Waals surface area (Å²) in [7, 11) is 0. The quantitative estimate of drug-likeness (QED) is 0.844. The van der Waals surface area contributed by atoms with Crippen molar-refractivity contribution in [2.75, 3.05) is 6.54 Å². The largest absolute Gasteiger partial charge is 0.313 e. The molecule has 0 heterocycles. The zero-order valence-corrected chi connectivity index (χ0v) is 12.3. The fourth-order valence-corrected chi connectivity index (χ4v) is 2.69. The Morgan fingerprint density at radius 1 is 1.28 bits per heavy atom. The van der Waals surface area contributed by atoms with Crippen LogP contribution in [0, 0.1) is 5.41 Å². The highest BCUT2D eigenvalue weighted by molar-refractivity contribution is 5.32. The lowest BCUT2D eigenvalue weighted by molar-refractivity contribution is 0.279. The number of hydrogen-bond donors (Lipinski definition) is 1. The van der Waals surface area contributed by atoms with Crippen LogP contribution in [-0.2, 0) is 6.42 Å². The number of hydrogen-bond acceptors (Lipinski definition) is 1. The van der Waals surface area contributed by atoms with Crippen molar-refractivity contribution < 1.29 is 0 Å². The van der Waals surface area contributed by atoms with Crippen molar-refractivity contribution in [3.05, 3.63) is 35.4 Å². The predicted molar refractivity (Wildman–Crippen MR) is 79.0 cm³/mol. The van der Waals surface area contributed by atoms with Crippen LogP contribution in [-0.4, -0.2) is 12.6 Å². The molecule has 18 heavy (non-hydrogen) atoms. The minimum absolute atomic E-state index is 0.341. The van der Waals surface area contributed by atoms with Gasteiger partial charge in [-0.25, -0.2) is 0 Å². The Morgan fingerprint density at radius 2 is 2.00 bits per heavy atom. The first-order chi connectivity index (χ1) is 8.48. The number of nitrogens with one attached hydrogen (secondary N) is 1. The van der Waals surface area contributed by atoms with Crippen LogP contribution < -0.4 is 5.32 Å². The molecule has 100 valence electrons. The van der Waals surface area contributed by atoms with E-state index in [0.717, 1.165) is 6.54 Å². The maximum atomic E-state index is 3.73.